The molecule has 4 rings (SSSR count). The highest BCUT2D eigenvalue weighted by atomic mass is 16.3. The number of ketones is 2. The van der Waals surface area contributed by atoms with Gasteiger partial charge in [-0.1, -0.05) is 13.8 Å². The van der Waals surface area contributed by atoms with Crippen molar-refractivity contribution in [3.05, 3.63) is 11.6 Å². The van der Waals surface area contributed by atoms with Gasteiger partial charge < -0.3 is 5.11 Å². The lowest BCUT2D eigenvalue weighted by Gasteiger charge is -2.59. The van der Waals surface area contributed by atoms with E-state index < -0.39 is 6.10 Å². The predicted octanol–water partition coefficient (Wildman–Crippen LogP) is 3.69. The molecule has 0 spiro atoms. The molecule has 0 bridgehead atoms. The SMILES string of the molecule is CC(=O)C1CCC2C3C[C@H](O)C4=CC(=O)CCC4(C)C3CCC12C. The molecule has 6 unspecified atom stereocenters. The molecule has 3 heteroatoms. The van der Waals surface area contributed by atoms with E-state index >= 15 is 0 Å². The summed E-state index contributed by atoms with van der Waals surface area (Å²) in [5.41, 5.74) is 1.10. The van der Waals surface area contributed by atoms with Crippen molar-refractivity contribution < 1.29 is 14.7 Å². The molecule has 7 atom stereocenters. The summed E-state index contributed by atoms with van der Waals surface area (Å²) in [6, 6.07) is 0. The van der Waals surface area contributed by atoms with Gasteiger partial charge in [0.2, 0.25) is 0 Å². The third-order valence-corrected chi connectivity index (χ3v) is 8.47. The van der Waals surface area contributed by atoms with Crippen molar-refractivity contribution in [2.75, 3.05) is 0 Å². The van der Waals surface area contributed by atoms with E-state index in [4.69, 9.17) is 0 Å². The molecule has 132 valence electrons. The van der Waals surface area contributed by atoms with Gasteiger partial charge in [-0.3, -0.25) is 9.59 Å². The first-order valence-corrected chi connectivity index (χ1v) is 9.71. The molecule has 0 aromatic carbocycles. The Hall–Kier alpha value is -0.960. The second kappa shape index (κ2) is 5.27. The lowest BCUT2D eigenvalue weighted by Crippen LogP contribution is -2.54. The summed E-state index contributed by atoms with van der Waals surface area (Å²) < 4.78 is 0. The Bertz CT molecular complexity index is 621. The fraction of sp³-hybridized carbons (Fsp3) is 0.810. The number of aliphatic hydroxyl groups is 1. The number of fused-ring (bicyclic) bond motifs is 5. The van der Waals surface area contributed by atoms with Crippen LogP contribution in [0.5, 0.6) is 0 Å². The average Bonchev–Trinajstić information content (AvgIpc) is 2.87. The summed E-state index contributed by atoms with van der Waals surface area (Å²) in [7, 11) is 0. The van der Waals surface area contributed by atoms with E-state index in [9.17, 15) is 14.7 Å². The highest BCUT2D eigenvalue weighted by molar-refractivity contribution is 5.91. The van der Waals surface area contributed by atoms with Crippen LogP contribution < -0.4 is 0 Å². The third kappa shape index (κ3) is 2.06. The summed E-state index contributed by atoms with van der Waals surface area (Å²) in [4.78, 5) is 24.1. The molecule has 24 heavy (non-hydrogen) atoms. The van der Waals surface area contributed by atoms with E-state index in [1.165, 1.54) is 0 Å². The van der Waals surface area contributed by atoms with Crippen LogP contribution in [0.3, 0.4) is 0 Å². The van der Waals surface area contributed by atoms with Crippen LogP contribution in [0.2, 0.25) is 0 Å². The normalized spacial score (nSPS) is 50.6. The Kier molecular flexibility index (Phi) is 3.62. The Morgan fingerprint density at radius 2 is 1.92 bits per heavy atom. The van der Waals surface area contributed by atoms with E-state index in [-0.39, 0.29) is 22.5 Å². The first-order chi connectivity index (χ1) is 11.3. The zero-order chi connectivity index (χ0) is 17.3. The minimum atomic E-state index is -0.473. The number of hydrogen-bond donors (Lipinski definition) is 1. The van der Waals surface area contributed by atoms with Crippen molar-refractivity contribution in [3.8, 4) is 0 Å². The minimum Gasteiger partial charge on any atom is -0.389 e. The number of aliphatic hydroxyl groups excluding tert-OH is 1. The van der Waals surface area contributed by atoms with Crippen molar-refractivity contribution in [1.29, 1.82) is 0 Å². The quantitative estimate of drug-likeness (QED) is 0.797. The van der Waals surface area contributed by atoms with Gasteiger partial charge in [-0.15, -0.1) is 0 Å². The molecular weight excluding hydrogens is 300 g/mol. The minimum absolute atomic E-state index is 0.0219. The molecule has 4 aliphatic rings. The van der Waals surface area contributed by atoms with Crippen LogP contribution >= 0.6 is 0 Å². The second-order valence-electron chi connectivity index (χ2n) is 9.40. The smallest absolute Gasteiger partial charge is 0.155 e. The number of rotatable bonds is 1. The molecule has 0 radical (unpaired) electrons. The molecular formula is C21H30O3. The van der Waals surface area contributed by atoms with E-state index in [0.29, 0.717) is 30.0 Å². The predicted molar refractivity (Wildman–Crippen MR) is 92.3 cm³/mol. The standard InChI is InChI=1S/C21H30O3/c1-12(22)15-4-5-16-14-11-19(24)18-10-13(23)6-8-21(18,3)17(14)7-9-20(15,16)2/h10,14-17,19,24H,4-9,11H2,1-3H3/t14?,15?,16?,17?,19-,20?,21?/m0/s1. The maximum Gasteiger partial charge on any atom is 0.155 e. The van der Waals surface area contributed by atoms with Crippen LogP contribution in [0.4, 0.5) is 0 Å². The van der Waals surface area contributed by atoms with Gasteiger partial charge in [0.15, 0.2) is 5.78 Å². The summed E-state index contributed by atoms with van der Waals surface area (Å²) >= 11 is 0. The number of carbonyl (C=O) groups excluding carboxylic acids is 2. The maximum atomic E-state index is 12.2. The van der Waals surface area contributed by atoms with Crippen molar-refractivity contribution in [3.63, 3.8) is 0 Å². The summed E-state index contributed by atoms with van der Waals surface area (Å²) in [6.07, 6.45) is 7.97. The van der Waals surface area contributed by atoms with Gasteiger partial charge >= 0.3 is 0 Å². The Morgan fingerprint density at radius 1 is 1.17 bits per heavy atom. The average molecular weight is 330 g/mol. The van der Waals surface area contributed by atoms with Crippen molar-refractivity contribution in [2.45, 2.75) is 71.8 Å². The van der Waals surface area contributed by atoms with Gasteiger partial charge in [0.05, 0.1) is 6.10 Å². The number of hydrogen-bond acceptors (Lipinski definition) is 3. The fourth-order valence-corrected chi connectivity index (χ4v) is 7.27. The summed E-state index contributed by atoms with van der Waals surface area (Å²) in [6.45, 7) is 6.37. The molecule has 3 nitrogen and oxygen atoms in total. The van der Waals surface area contributed by atoms with E-state index in [1.54, 1.807) is 13.0 Å². The molecule has 0 aromatic rings. The molecule has 0 heterocycles. The van der Waals surface area contributed by atoms with Gasteiger partial charge in [-0.05, 0) is 85.7 Å². The fourth-order valence-electron chi connectivity index (χ4n) is 7.27. The Labute approximate surface area is 144 Å². The number of carbonyl (C=O) groups is 2. The van der Waals surface area contributed by atoms with Crippen molar-refractivity contribution in [2.24, 2.45) is 34.5 Å². The first-order valence-electron chi connectivity index (χ1n) is 9.71. The highest BCUT2D eigenvalue weighted by Crippen LogP contribution is 2.66. The molecule has 4 aliphatic carbocycles. The van der Waals surface area contributed by atoms with Crippen LogP contribution in [-0.2, 0) is 9.59 Å². The Morgan fingerprint density at radius 3 is 2.62 bits per heavy atom. The van der Waals surface area contributed by atoms with Crippen LogP contribution in [0, 0.1) is 34.5 Å². The highest BCUT2D eigenvalue weighted by Gasteiger charge is 2.61. The zero-order valence-corrected chi connectivity index (χ0v) is 15.2. The summed E-state index contributed by atoms with van der Waals surface area (Å²) in [5.74, 6) is 2.35. The topological polar surface area (TPSA) is 54.4 Å². The molecule has 0 saturated heterocycles. The van der Waals surface area contributed by atoms with Gasteiger partial charge in [-0.25, -0.2) is 0 Å². The van der Waals surface area contributed by atoms with Crippen LogP contribution in [0.15, 0.2) is 11.6 Å². The molecule has 1 N–H and O–H groups in total. The van der Waals surface area contributed by atoms with Crippen molar-refractivity contribution >= 4 is 11.6 Å². The third-order valence-electron chi connectivity index (χ3n) is 8.47. The van der Waals surface area contributed by atoms with Crippen molar-refractivity contribution in [1.82, 2.24) is 0 Å². The molecule has 0 aliphatic heterocycles. The summed E-state index contributed by atoms with van der Waals surface area (Å²) in [5, 5.41) is 10.8. The van der Waals surface area contributed by atoms with Gasteiger partial charge in [0.25, 0.3) is 0 Å². The second-order valence-corrected chi connectivity index (χ2v) is 9.40. The van der Waals surface area contributed by atoms with Crippen LogP contribution in [-0.4, -0.2) is 22.8 Å². The zero-order valence-electron chi connectivity index (χ0n) is 15.2. The molecule has 0 aromatic heterocycles. The molecule has 3 fully saturated rings. The monoisotopic (exact) mass is 330 g/mol. The maximum absolute atomic E-state index is 12.2. The molecule has 0 amide bonds. The van der Waals surface area contributed by atoms with E-state index in [1.807, 2.05) is 0 Å². The Balaban J connectivity index is 1.71. The van der Waals surface area contributed by atoms with E-state index in [2.05, 4.69) is 13.8 Å². The van der Waals surface area contributed by atoms with Crippen LogP contribution in [0.25, 0.3) is 0 Å². The molecule has 3 saturated carbocycles. The largest absolute Gasteiger partial charge is 0.389 e. The number of Topliss-reactive ketones (excluding diaryl/α,β-unsaturated/α-hetero) is 1. The van der Waals surface area contributed by atoms with E-state index in [0.717, 1.165) is 44.1 Å². The first kappa shape index (κ1) is 16.5. The van der Waals surface area contributed by atoms with Gasteiger partial charge in [0.1, 0.15) is 5.78 Å². The van der Waals surface area contributed by atoms with Gasteiger partial charge in [0, 0.05) is 12.3 Å². The van der Waals surface area contributed by atoms with Crippen LogP contribution in [0.1, 0.15) is 65.7 Å². The lowest BCUT2D eigenvalue weighted by atomic mass is 9.46. The lowest BCUT2D eigenvalue weighted by molar-refractivity contribution is -0.130. The van der Waals surface area contributed by atoms with Gasteiger partial charge in [-0.2, -0.15) is 0 Å².